The van der Waals surface area contributed by atoms with Gasteiger partial charge in [-0.3, -0.25) is 0 Å². The molecule has 31 heavy (non-hydrogen) atoms. The number of benzene rings is 3. The van der Waals surface area contributed by atoms with E-state index >= 15 is 0 Å². The summed E-state index contributed by atoms with van der Waals surface area (Å²) < 4.78 is 7.62. The van der Waals surface area contributed by atoms with E-state index in [0.29, 0.717) is 22.4 Å². The highest BCUT2D eigenvalue weighted by Crippen LogP contribution is 2.28. The zero-order valence-corrected chi connectivity index (χ0v) is 17.8. The van der Waals surface area contributed by atoms with Crippen molar-refractivity contribution in [3.05, 3.63) is 101 Å². The number of aromatic nitrogens is 4. The molecule has 7 heteroatoms. The number of rotatable bonds is 5. The van der Waals surface area contributed by atoms with Crippen molar-refractivity contribution in [2.24, 2.45) is 0 Å². The van der Waals surface area contributed by atoms with Crippen molar-refractivity contribution in [3.8, 4) is 28.3 Å². The molecule has 0 fully saturated rings. The normalized spacial score (nSPS) is 11.0. The molecule has 0 amide bonds. The monoisotopic (exact) mass is 446 g/mol. The first kappa shape index (κ1) is 19.5. The molecule has 5 rings (SSSR count). The van der Waals surface area contributed by atoms with Crippen molar-refractivity contribution < 1.29 is 4.74 Å². The first-order valence-corrected chi connectivity index (χ1v) is 10.4. The average Bonchev–Trinajstić information content (AvgIpc) is 3.28. The second kappa shape index (κ2) is 8.38. The Morgan fingerprint density at radius 3 is 2.13 bits per heavy atom. The molecule has 5 aromatic rings. The van der Waals surface area contributed by atoms with E-state index in [2.05, 4.69) is 15.1 Å². The van der Waals surface area contributed by atoms with E-state index in [9.17, 15) is 0 Å². The third-order valence-electron chi connectivity index (χ3n) is 4.86. The van der Waals surface area contributed by atoms with Crippen LogP contribution < -0.4 is 4.74 Å². The van der Waals surface area contributed by atoms with Crippen LogP contribution in [-0.2, 0) is 6.61 Å². The van der Waals surface area contributed by atoms with Crippen LogP contribution in [-0.4, -0.2) is 19.6 Å². The highest BCUT2D eigenvalue weighted by atomic mass is 35.5. The van der Waals surface area contributed by atoms with Crippen LogP contribution in [0.4, 0.5) is 0 Å². The van der Waals surface area contributed by atoms with Gasteiger partial charge in [-0.15, -0.1) is 0 Å². The first-order chi connectivity index (χ1) is 15.2. The van der Waals surface area contributed by atoms with Gasteiger partial charge in [-0.05, 0) is 60.2 Å². The van der Waals surface area contributed by atoms with Crippen LogP contribution in [0, 0.1) is 0 Å². The molecule has 3 aromatic carbocycles. The minimum absolute atomic E-state index is 0.472. The van der Waals surface area contributed by atoms with Crippen LogP contribution >= 0.6 is 23.2 Å². The molecular formula is C24H16Cl2N4O. The smallest absolute Gasteiger partial charge is 0.253 e. The number of ether oxygens (including phenoxy) is 1. The molecule has 0 aliphatic carbocycles. The van der Waals surface area contributed by atoms with E-state index in [1.807, 2.05) is 78.9 Å². The van der Waals surface area contributed by atoms with Crippen molar-refractivity contribution in [2.45, 2.75) is 6.61 Å². The van der Waals surface area contributed by atoms with Gasteiger partial charge in [0.2, 0.25) is 0 Å². The van der Waals surface area contributed by atoms with Gasteiger partial charge in [0.05, 0.1) is 11.4 Å². The Hall–Kier alpha value is -3.41. The van der Waals surface area contributed by atoms with Crippen LogP contribution in [0.5, 0.6) is 5.75 Å². The Labute approximate surface area is 188 Å². The van der Waals surface area contributed by atoms with Gasteiger partial charge in [-0.1, -0.05) is 47.5 Å². The quantitative estimate of drug-likeness (QED) is 0.315. The maximum Gasteiger partial charge on any atom is 0.253 e. The highest BCUT2D eigenvalue weighted by Gasteiger charge is 2.11. The van der Waals surface area contributed by atoms with Crippen LogP contribution in [0.15, 0.2) is 85.2 Å². The van der Waals surface area contributed by atoms with Crippen molar-refractivity contribution >= 4 is 29.0 Å². The third kappa shape index (κ3) is 4.24. The fraction of sp³-hybridized carbons (Fsp3) is 0.0417. The molecule has 0 saturated carbocycles. The molecule has 0 aliphatic rings. The topological polar surface area (TPSA) is 52.3 Å². The molecule has 0 atom stereocenters. The number of halogens is 2. The summed E-state index contributed by atoms with van der Waals surface area (Å²) in [6, 6.07) is 25.1. The molecule has 2 aromatic heterocycles. The standard InChI is InChI=1S/C24H16Cl2N4O/c25-19-7-1-16(2-8-19)14-31-21-11-5-18(6-12-21)23-13-22(17-3-9-20(26)10-4-17)29-24-27-15-28-30(23)24/h1-13,15H,14H2. The fourth-order valence-electron chi connectivity index (χ4n) is 3.26. The Morgan fingerprint density at radius 2 is 1.42 bits per heavy atom. The van der Waals surface area contributed by atoms with Crippen LogP contribution in [0.2, 0.25) is 10.0 Å². The van der Waals surface area contributed by atoms with Crippen molar-refractivity contribution in [1.82, 2.24) is 19.6 Å². The zero-order valence-electron chi connectivity index (χ0n) is 16.2. The van der Waals surface area contributed by atoms with E-state index < -0.39 is 0 Å². The Kier molecular flexibility index (Phi) is 5.28. The summed E-state index contributed by atoms with van der Waals surface area (Å²) in [5.74, 6) is 1.31. The third-order valence-corrected chi connectivity index (χ3v) is 5.36. The van der Waals surface area contributed by atoms with Crippen LogP contribution in [0.1, 0.15) is 5.56 Å². The molecule has 0 radical (unpaired) electrons. The largest absolute Gasteiger partial charge is 0.489 e. The van der Waals surface area contributed by atoms with Gasteiger partial charge in [0, 0.05) is 21.2 Å². The second-order valence-electron chi connectivity index (χ2n) is 6.94. The molecule has 5 nitrogen and oxygen atoms in total. The molecule has 2 heterocycles. The summed E-state index contributed by atoms with van der Waals surface area (Å²) >= 11 is 12.0. The molecule has 0 bridgehead atoms. The van der Waals surface area contributed by atoms with E-state index in [1.165, 1.54) is 6.33 Å². The predicted molar refractivity (Wildman–Crippen MR) is 122 cm³/mol. The second-order valence-corrected chi connectivity index (χ2v) is 7.82. The van der Waals surface area contributed by atoms with Crippen molar-refractivity contribution in [2.75, 3.05) is 0 Å². The van der Waals surface area contributed by atoms with Gasteiger partial charge in [-0.2, -0.15) is 14.6 Å². The number of hydrogen-bond acceptors (Lipinski definition) is 4. The zero-order chi connectivity index (χ0) is 21.2. The lowest BCUT2D eigenvalue weighted by Crippen LogP contribution is -1.99. The molecule has 0 spiro atoms. The van der Waals surface area contributed by atoms with Gasteiger partial charge >= 0.3 is 0 Å². The van der Waals surface area contributed by atoms with Crippen LogP contribution in [0.3, 0.4) is 0 Å². The van der Waals surface area contributed by atoms with Crippen molar-refractivity contribution in [3.63, 3.8) is 0 Å². The van der Waals surface area contributed by atoms with Gasteiger partial charge in [-0.25, -0.2) is 4.98 Å². The summed E-state index contributed by atoms with van der Waals surface area (Å²) in [4.78, 5) is 8.90. The lowest BCUT2D eigenvalue weighted by molar-refractivity contribution is 0.306. The van der Waals surface area contributed by atoms with E-state index in [0.717, 1.165) is 33.8 Å². The number of hydrogen-bond donors (Lipinski definition) is 0. The predicted octanol–water partition coefficient (Wildman–Crippen LogP) is 6.34. The molecule has 0 aliphatic heterocycles. The molecule has 0 N–H and O–H groups in total. The Bertz CT molecular complexity index is 1330. The Morgan fingerprint density at radius 1 is 0.774 bits per heavy atom. The highest BCUT2D eigenvalue weighted by molar-refractivity contribution is 6.30. The fourth-order valence-corrected chi connectivity index (χ4v) is 3.51. The summed E-state index contributed by atoms with van der Waals surface area (Å²) in [7, 11) is 0. The minimum atomic E-state index is 0.472. The maximum absolute atomic E-state index is 6.03. The maximum atomic E-state index is 6.03. The van der Waals surface area contributed by atoms with Gasteiger partial charge in [0.25, 0.3) is 5.78 Å². The minimum Gasteiger partial charge on any atom is -0.489 e. The molecular weight excluding hydrogens is 431 g/mol. The Balaban J connectivity index is 1.44. The van der Waals surface area contributed by atoms with E-state index in [-0.39, 0.29) is 0 Å². The summed E-state index contributed by atoms with van der Waals surface area (Å²) in [6.07, 6.45) is 1.50. The van der Waals surface area contributed by atoms with Crippen molar-refractivity contribution in [1.29, 1.82) is 0 Å². The first-order valence-electron chi connectivity index (χ1n) is 9.60. The lowest BCUT2D eigenvalue weighted by Gasteiger charge is -2.10. The van der Waals surface area contributed by atoms with Gasteiger partial charge in [0.15, 0.2) is 0 Å². The summed E-state index contributed by atoms with van der Waals surface area (Å²) in [6.45, 7) is 0.472. The van der Waals surface area contributed by atoms with Gasteiger partial charge in [0.1, 0.15) is 18.7 Å². The van der Waals surface area contributed by atoms with Crippen LogP contribution in [0.25, 0.3) is 28.3 Å². The van der Waals surface area contributed by atoms with E-state index in [4.69, 9.17) is 27.9 Å². The van der Waals surface area contributed by atoms with E-state index in [1.54, 1.807) is 4.52 Å². The SMILES string of the molecule is Clc1ccc(COc2ccc(-c3cc(-c4ccc(Cl)cc4)nc4ncnn34)cc2)cc1. The molecule has 0 unspecified atom stereocenters. The number of nitrogens with zero attached hydrogens (tertiary/aromatic N) is 4. The summed E-state index contributed by atoms with van der Waals surface area (Å²) in [5.41, 5.74) is 4.68. The summed E-state index contributed by atoms with van der Waals surface area (Å²) in [5, 5.41) is 5.72. The molecule has 152 valence electrons. The van der Waals surface area contributed by atoms with Gasteiger partial charge < -0.3 is 4.74 Å². The number of fused-ring (bicyclic) bond motifs is 1. The average molecular weight is 447 g/mol. The lowest BCUT2D eigenvalue weighted by atomic mass is 10.1. The molecule has 0 saturated heterocycles.